The summed E-state index contributed by atoms with van der Waals surface area (Å²) in [5.74, 6) is -0.945. The van der Waals surface area contributed by atoms with Crippen molar-refractivity contribution >= 4 is 22.6 Å². The number of carbonyl (C=O) groups excluding carboxylic acids is 2. The topological polar surface area (TPSA) is 54.3 Å². The van der Waals surface area contributed by atoms with Crippen LogP contribution in [0.15, 0.2) is 30.5 Å². The summed E-state index contributed by atoms with van der Waals surface area (Å²) in [6.07, 6.45) is 6.54. The Morgan fingerprint density at radius 2 is 1.88 bits per heavy atom. The van der Waals surface area contributed by atoms with Crippen LogP contribution in [0, 0.1) is 0 Å². The molecule has 2 heterocycles. The van der Waals surface area contributed by atoms with Crippen LogP contribution in [-0.2, 0) is 11.3 Å². The lowest BCUT2D eigenvalue weighted by Crippen LogP contribution is -2.35. The molecule has 5 heteroatoms. The lowest BCUT2D eigenvalue weighted by Gasteiger charge is -2.26. The van der Waals surface area contributed by atoms with Gasteiger partial charge in [-0.3, -0.25) is 9.59 Å². The van der Waals surface area contributed by atoms with Crippen molar-refractivity contribution in [1.82, 2.24) is 14.8 Å². The number of carbonyl (C=O) groups is 2. The number of aromatic nitrogens is 1. The summed E-state index contributed by atoms with van der Waals surface area (Å²) in [7, 11) is 0. The number of likely N-dealkylation sites (tertiary alicyclic amines) is 1. The average Bonchev–Trinajstić information content (AvgIpc) is 3.04. The summed E-state index contributed by atoms with van der Waals surface area (Å²) in [6, 6.07) is 7.73. The minimum Gasteiger partial charge on any atom is -0.349 e. The summed E-state index contributed by atoms with van der Waals surface area (Å²) in [4.78, 5) is 27.2. The van der Waals surface area contributed by atoms with Crippen LogP contribution in [0.5, 0.6) is 0 Å². The first-order valence-corrected chi connectivity index (χ1v) is 9.33. The Morgan fingerprint density at radius 1 is 1.12 bits per heavy atom. The highest BCUT2D eigenvalue weighted by Gasteiger charge is 2.21. The molecule has 1 aliphatic heterocycles. The van der Waals surface area contributed by atoms with Crippen molar-refractivity contribution in [1.29, 1.82) is 0 Å². The van der Waals surface area contributed by atoms with Gasteiger partial charge in [0.1, 0.15) is 0 Å². The third-order valence-electron chi connectivity index (χ3n) is 4.97. The molecule has 134 valence electrons. The molecule has 1 aromatic carbocycles. The molecule has 0 atom stereocenters. The summed E-state index contributed by atoms with van der Waals surface area (Å²) in [5.41, 5.74) is 1.48. The number of Topliss-reactive ketones (excluding diaryl/α,β-unsaturated/α-hetero) is 1. The van der Waals surface area contributed by atoms with Gasteiger partial charge in [0.05, 0.1) is 5.56 Å². The molecule has 0 saturated carbocycles. The zero-order chi connectivity index (χ0) is 17.6. The minimum absolute atomic E-state index is 0.443. The van der Waals surface area contributed by atoms with Crippen molar-refractivity contribution in [3.63, 3.8) is 0 Å². The van der Waals surface area contributed by atoms with E-state index in [-0.39, 0.29) is 0 Å². The number of aryl methyl sites for hydroxylation is 1. The predicted molar refractivity (Wildman–Crippen MR) is 99.9 cm³/mol. The van der Waals surface area contributed by atoms with E-state index >= 15 is 0 Å². The number of para-hydroxylation sites is 1. The summed E-state index contributed by atoms with van der Waals surface area (Å²) in [6.45, 7) is 6.65. The highest BCUT2D eigenvalue weighted by molar-refractivity contribution is 6.45. The van der Waals surface area contributed by atoms with Crippen LogP contribution in [0.3, 0.4) is 0 Å². The quantitative estimate of drug-likeness (QED) is 0.479. The fraction of sp³-hybridized carbons (Fsp3) is 0.500. The van der Waals surface area contributed by atoms with Crippen LogP contribution in [-0.4, -0.2) is 47.3 Å². The first-order chi connectivity index (χ1) is 12.2. The first kappa shape index (κ1) is 17.7. The van der Waals surface area contributed by atoms with Gasteiger partial charge in [0.2, 0.25) is 0 Å². The second-order valence-corrected chi connectivity index (χ2v) is 6.69. The zero-order valence-electron chi connectivity index (χ0n) is 15.0. The number of hydrogen-bond acceptors (Lipinski definition) is 3. The third kappa shape index (κ3) is 4.10. The summed E-state index contributed by atoms with van der Waals surface area (Å²) >= 11 is 0. The maximum Gasteiger partial charge on any atom is 0.292 e. The third-order valence-corrected chi connectivity index (χ3v) is 4.97. The number of benzene rings is 1. The van der Waals surface area contributed by atoms with Crippen LogP contribution in [0.1, 0.15) is 43.0 Å². The molecule has 0 spiro atoms. The molecule has 1 fully saturated rings. The molecule has 5 nitrogen and oxygen atoms in total. The van der Waals surface area contributed by atoms with E-state index in [1.165, 1.54) is 19.3 Å². The smallest absolute Gasteiger partial charge is 0.292 e. The normalized spacial score (nSPS) is 15.4. The zero-order valence-corrected chi connectivity index (χ0v) is 15.0. The molecule has 0 bridgehead atoms. The molecule has 0 unspecified atom stereocenters. The van der Waals surface area contributed by atoms with Crippen molar-refractivity contribution in [3.8, 4) is 0 Å². The number of hydrogen-bond donors (Lipinski definition) is 1. The van der Waals surface area contributed by atoms with Crippen LogP contribution < -0.4 is 5.32 Å². The van der Waals surface area contributed by atoms with Crippen molar-refractivity contribution in [2.45, 2.75) is 39.2 Å². The maximum absolute atomic E-state index is 12.5. The number of nitrogens with zero attached hydrogens (tertiary/aromatic N) is 2. The molecule has 25 heavy (non-hydrogen) atoms. The molecule has 1 aromatic heterocycles. The van der Waals surface area contributed by atoms with Crippen LogP contribution in [0.2, 0.25) is 0 Å². The Bertz CT molecular complexity index is 744. The number of ketones is 1. The second-order valence-electron chi connectivity index (χ2n) is 6.69. The van der Waals surface area contributed by atoms with E-state index in [1.807, 2.05) is 35.8 Å². The summed E-state index contributed by atoms with van der Waals surface area (Å²) in [5, 5.41) is 3.63. The Balaban J connectivity index is 1.56. The van der Waals surface area contributed by atoms with E-state index < -0.39 is 11.7 Å². The number of fused-ring (bicyclic) bond motifs is 1. The van der Waals surface area contributed by atoms with Crippen molar-refractivity contribution in [3.05, 3.63) is 36.0 Å². The van der Waals surface area contributed by atoms with E-state index in [0.717, 1.165) is 43.5 Å². The minimum atomic E-state index is -0.502. The van der Waals surface area contributed by atoms with Gasteiger partial charge in [-0.1, -0.05) is 24.6 Å². The predicted octanol–water partition coefficient (Wildman–Crippen LogP) is 2.84. The van der Waals surface area contributed by atoms with Crippen molar-refractivity contribution in [2.75, 3.05) is 26.2 Å². The van der Waals surface area contributed by atoms with Crippen LogP contribution in [0.4, 0.5) is 0 Å². The molecule has 2 aromatic rings. The molecular formula is C20H27N3O2. The van der Waals surface area contributed by atoms with E-state index in [9.17, 15) is 9.59 Å². The van der Waals surface area contributed by atoms with E-state index in [4.69, 9.17) is 0 Å². The largest absolute Gasteiger partial charge is 0.349 e. The van der Waals surface area contributed by atoms with Crippen LogP contribution in [0.25, 0.3) is 10.9 Å². The molecule has 0 aliphatic carbocycles. The number of nitrogens with one attached hydrogen (secondary N) is 1. The number of amides is 1. The average molecular weight is 341 g/mol. The number of piperidine rings is 1. The van der Waals surface area contributed by atoms with Gasteiger partial charge in [-0.05, 0) is 51.9 Å². The lowest BCUT2D eigenvalue weighted by atomic mass is 10.1. The summed E-state index contributed by atoms with van der Waals surface area (Å²) < 4.78 is 2.01. The molecule has 1 N–H and O–H groups in total. The molecule has 1 aliphatic rings. The van der Waals surface area contributed by atoms with Gasteiger partial charge in [0.25, 0.3) is 11.7 Å². The Morgan fingerprint density at radius 3 is 2.64 bits per heavy atom. The highest BCUT2D eigenvalue weighted by Crippen LogP contribution is 2.21. The first-order valence-electron chi connectivity index (χ1n) is 9.33. The van der Waals surface area contributed by atoms with Crippen molar-refractivity contribution < 1.29 is 9.59 Å². The SMILES string of the molecule is CCn1cc(C(=O)C(=O)NCCCN2CCCCC2)c2ccccc21. The second kappa shape index (κ2) is 8.30. The van der Waals surface area contributed by atoms with Gasteiger partial charge in [0, 0.05) is 30.2 Å². The molecule has 1 amide bonds. The molecule has 3 rings (SSSR count). The Kier molecular flexibility index (Phi) is 5.87. The molecule has 1 saturated heterocycles. The monoisotopic (exact) mass is 341 g/mol. The van der Waals surface area contributed by atoms with Gasteiger partial charge in [0.15, 0.2) is 0 Å². The van der Waals surface area contributed by atoms with Crippen LogP contribution >= 0.6 is 0 Å². The van der Waals surface area contributed by atoms with E-state index in [1.54, 1.807) is 6.20 Å². The molecular weight excluding hydrogens is 314 g/mol. The van der Waals surface area contributed by atoms with Gasteiger partial charge in [-0.2, -0.15) is 0 Å². The van der Waals surface area contributed by atoms with Crippen molar-refractivity contribution in [2.24, 2.45) is 0 Å². The fourth-order valence-electron chi connectivity index (χ4n) is 3.58. The highest BCUT2D eigenvalue weighted by atomic mass is 16.2. The Hall–Kier alpha value is -2.14. The van der Waals surface area contributed by atoms with E-state index in [0.29, 0.717) is 12.1 Å². The lowest BCUT2D eigenvalue weighted by molar-refractivity contribution is -0.117. The maximum atomic E-state index is 12.5. The van der Waals surface area contributed by atoms with Gasteiger partial charge >= 0.3 is 0 Å². The van der Waals surface area contributed by atoms with Gasteiger partial charge < -0.3 is 14.8 Å². The standard InChI is InChI=1S/C20H27N3O2/c1-2-23-15-17(16-9-4-5-10-18(16)23)19(24)20(25)21-11-8-14-22-12-6-3-7-13-22/h4-5,9-10,15H,2-3,6-8,11-14H2,1H3,(H,21,25). The van der Waals surface area contributed by atoms with Gasteiger partial charge in [-0.15, -0.1) is 0 Å². The molecule has 0 radical (unpaired) electrons. The van der Waals surface area contributed by atoms with E-state index in [2.05, 4.69) is 10.2 Å². The fourth-order valence-corrected chi connectivity index (χ4v) is 3.58. The number of rotatable bonds is 7. The van der Waals surface area contributed by atoms with Gasteiger partial charge in [-0.25, -0.2) is 0 Å². The Labute approximate surface area is 149 Å².